The van der Waals surface area contributed by atoms with Crippen molar-refractivity contribution < 1.29 is 9.59 Å². The number of fused-ring (bicyclic) bond motifs is 2. The highest BCUT2D eigenvalue weighted by molar-refractivity contribution is 7.59. The second-order valence-electron chi connectivity index (χ2n) is 4.02. The lowest BCUT2D eigenvalue weighted by Gasteiger charge is -2.26. The second kappa shape index (κ2) is 3.86. The molecule has 0 spiro atoms. The third-order valence-electron chi connectivity index (χ3n) is 3.00. The normalized spacial score (nSPS) is 13.1. The van der Waals surface area contributed by atoms with Crippen LogP contribution < -0.4 is 0 Å². The van der Waals surface area contributed by atoms with Gasteiger partial charge in [0.15, 0.2) is 11.6 Å². The highest BCUT2D eigenvalue weighted by atomic mass is 32.1. The summed E-state index contributed by atoms with van der Waals surface area (Å²) in [6.07, 6.45) is 0. The lowest BCUT2D eigenvalue weighted by Crippen LogP contribution is -2.22. The van der Waals surface area contributed by atoms with E-state index in [0.29, 0.717) is 32.0 Å². The largest absolute Gasteiger partial charge is 0.779 e. The zero-order valence-electron chi connectivity index (χ0n) is 9.10. The van der Waals surface area contributed by atoms with Gasteiger partial charge in [-0.25, -0.2) is 0 Å². The highest BCUT2D eigenvalue weighted by Crippen LogP contribution is 2.31. The lowest BCUT2D eigenvalue weighted by atomic mass is 9.84. The Morgan fingerprint density at radius 3 is 1.44 bits per heavy atom. The van der Waals surface area contributed by atoms with Crippen molar-refractivity contribution in [3.63, 3.8) is 0 Å². The van der Waals surface area contributed by atoms with Crippen LogP contribution in [0.3, 0.4) is 0 Å². The SMILES string of the molecule is O=C1c2cccc([S-])c2C(=O)c2cccc([S-])c21. The third kappa shape index (κ3) is 1.39. The van der Waals surface area contributed by atoms with Gasteiger partial charge in [0.2, 0.25) is 0 Å². The molecule has 0 aliphatic heterocycles. The minimum atomic E-state index is -0.211. The van der Waals surface area contributed by atoms with Crippen LogP contribution in [-0.4, -0.2) is 11.6 Å². The summed E-state index contributed by atoms with van der Waals surface area (Å²) in [6.45, 7) is 0. The summed E-state index contributed by atoms with van der Waals surface area (Å²) in [7, 11) is 0. The van der Waals surface area contributed by atoms with Gasteiger partial charge in [-0.2, -0.15) is 9.79 Å². The predicted molar refractivity (Wildman–Crippen MR) is 71.0 cm³/mol. The van der Waals surface area contributed by atoms with Gasteiger partial charge in [-0.3, -0.25) is 9.59 Å². The van der Waals surface area contributed by atoms with Gasteiger partial charge < -0.3 is 25.3 Å². The molecular weight excluding hydrogens is 264 g/mol. The molecular formula is C14H6O2S2-2. The molecule has 0 aromatic heterocycles. The standard InChI is InChI=1S/C14H8O2S2/c15-13-7-3-1-5-9(17)11(7)14(16)8-4-2-6-10(18)12(8)13/h1-6,17-18H/p-2. The summed E-state index contributed by atoms with van der Waals surface area (Å²) in [6, 6.07) is 9.92. The summed E-state index contributed by atoms with van der Waals surface area (Å²) >= 11 is 10.3. The van der Waals surface area contributed by atoms with Gasteiger partial charge in [-0.15, -0.1) is 0 Å². The Hall–Kier alpha value is -1.78. The fourth-order valence-electron chi connectivity index (χ4n) is 2.18. The molecule has 18 heavy (non-hydrogen) atoms. The van der Waals surface area contributed by atoms with Crippen LogP contribution in [0.25, 0.3) is 0 Å². The number of hydrogen-bond acceptors (Lipinski definition) is 4. The van der Waals surface area contributed by atoms with Gasteiger partial charge in [0, 0.05) is 22.3 Å². The maximum atomic E-state index is 12.4. The Kier molecular flexibility index (Phi) is 2.43. The quantitative estimate of drug-likeness (QED) is 0.587. The van der Waals surface area contributed by atoms with E-state index >= 15 is 0 Å². The van der Waals surface area contributed by atoms with E-state index in [4.69, 9.17) is 25.3 Å². The molecule has 1 aliphatic carbocycles. The molecule has 2 aromatic rings. The number of ketones is 2. The number of hydrogen-bond donors (Lipinski definition) is 0. The average Bonchev–Trinajstić information content (AvgIpc) is 2.35. The Labute approximate surface area is 115 Å². The first kappa shape index (κ1) is 11.3. The molecule has 2 nitrogen and oxygen atoms in total. The van der Waals surface area contributed by atoms with Gasteiger partial charge in [0.05, 0.1) is 0 Å². The van der Waals surface area contributed by atoms with E-state index in [-0.39, 0.29) is 11.6 Å². The maximum Gasteiger partial charge on any atom is 0.192 e. The van der Waals surface area contributed by atoms with Gasteiger partial charge in [0.1, 0.15) is 0 Å². The van der Waals surface area contributed by atoms with Gasteiger partial charge in [-0.05, 0) is 0 Å². The molecule has 0 fully saturated rings. The molecule has 88 valence electrons. The molecule has 0 radical (unpaired) electrons. The summed E-state index contributed by atoms with van der Waals surface area (Å²) in [5.74, 6) is -0.422. The molecule has 0 saturated carbocycles. The molecule has 0 atom stereocenters. The van der Waals surface area contributed by atoms with Crippen LogP contribution in [0, 0.1) is 0 Å². The molecule has 1 aliphatic rings. The van der Waals surface area contributed by atoms with E-state index in [9.17, 15) is 9.59 Å². The fourth-order valence-corrected chi connectivity index (χ4v) is 2.74. The average molecular weight is 270 g/mol. The molecule has 0 bridgehead atoms. The lowest BCUT2D eigenvalue weighted by molar-refractivity contribution is 0.0974. The molecule has 4 heteroatoms. The molecule has 0 amide bonds. The second-order valence-corrected chi connectivity index (χ2v) is 4.90. The van der Waals surface area contributed by atoms with Gasteiger partial charge in [-0.1, -0.05) is 36.4 Å². The zero-order valence-corrected chi connectivity index (χ0v) is 10.7. The van der Waals surface area contributed by atoms with E-state index in [2.05, 4.69) is 0 Å². The predicted octanol–water partition coefficient (Wildman–Crippen LogP) is 2.27. The minimum absolute atomic E-state index is 0.211. The smallest absolute Gasteiger partial charge is 0.192 e. The van der Waals surface area contributed by atoms with Crippen molar-refractivity contribution in [3.05, 3.63) is 58.7 Å². The summed E-state index contributed by atoms with van der Waals surface area (Å²) in [5.41, 5.74) is 1.37. The first-order valence-corrected chi connectivity index (χ1v) is 6.12. The van der Waals surface area contributed by atoms with E-state index in [1.807, 2.05) is 0 Å². The molecule has 0 heterocycles. The van der Waals surface area contributed by atoms with Crippen LogP contribution in [-0.2, 0) is 25.3 Å². The minimum Gasteiger partial charge on any atom is -0.779 e. The van der Waals surface area contributed by atoms with Crippen LogP contribution in [0.5, 0.6) is 0 Å². The topological polar surface area (TPSA) is 34.1 Å². The summed E-state index contributed by atoms with van der Waals surface area (Å²) in [5, 5.41) is 0. The van der Waals surface area contributed by atoms with E-state index in [0.717, 1.165) is 0 Å². The molecule has 0 saturated heterocycles. The van der Waals surface area contributed by atoms with Gasteiger partial charge >= 0.3 is 0 Å². The van der Waals surface area contributed by atoms with Crippen molar-refractivity contribution in [1.29, 1.82) is 0 Å². The van der Waals surface area contributed by atoms with Crippen molar-refractivity contribution in [3.8, 4) is 0 Å². The van der Waals surface area contributed by atoms with Crippen molar-refractivity contribution in [1.82, 2.24) is 0 Å². The zero-order chi connectivity index (χ0) is 12.9. The van der Waals surface area contributed by atoms with E-state index in [1.54, 1.807) is 36.4 Å². The number of carbonyl (C=O) groups excluding carboxylic acids is 2. The summed E-state index contributed by atoms with van der Waals surface area (Å²) < 4.78 is 0. The van der Waals surface area contributed by atoms with Crippen molar-refractivity contribution >= 4 is 36.8 Å². The van der Waals surface area contributed by atoms with Crippen molar-refractivity contribution in [2.24, 2.45) is 0 Å². The monoisotopic (exact) mass is 270 g/mol. The van der Waals surface area contributed by atoms with Gasteiger partial charge in [0.25, 0.3) is 0 Å². The van der Waals surface area contributed by atoms with Crippen LogP contribution >= 0.6 is 0 Å². The Morgan fingerprint density at radius 2 is 1.06 bits per heavy atom. The first-order valence-electron chi connectivity index (χ1n) is 5.30. The highest BCUT2D eigenvalue weighted by Gasteiger charge is 2.28. The van der Waals surface area contributed by atoms with Crippen molar-refractivity contribution in [2.45, 2.75) is 9.79 Å². The number of rotatable bonds is 0. The van der Waals surface area contributed by atoms with Crippen LogP contribution in [0.15, 0.2) is 46.2 Å². The number of carbonyl (C=O) groups is 2. The van der Waals surface area contributed by atoms with E-state index in [1.165, 1.54) is 0 Å². The maximum absolute atomic E-state index is 12.4. The molecule has 0 N–H and O–H groups in total. The van der Waals surface area contributed by atoms with Crippen LogP contribution in [0.2, 0.25) is 0 Å². The van der Waals surface area contributed by atoms with Crippen LogP contribution in [0.1, 0.15) is 31.8 Å². The molecule has 2 aromatic carbocycles. The Balaban J connectivity index is 2.40. The third-order valence-corrected chi connectivity index (χ3v) is 3.68. The Morgan fingerprint density at radius 1 is 0.667 bits per heavy atom. The fraction of sp³-hybridized carbons (Fsp3) is 0. The Bertz CT molecular complexity index is 643. The van der Waals surface area contributed by atoms with Crippen LogP contribution in [0.4, 0.5) is 0 Å². The van der Waals surface area contributed by atoms with E-state index < -0.39 is 0 Å². The molecule has 0 unspecified atom stereocenters. The van der Waals surface area contributed by atoms with Crippen molar-refractivity contribution in [2.75, 3.05) is 0 Å². The summed E-state index contributed by atoms with van der Waals surface area (Å²) in [4.78, 5) is 25.5. The number of benzene rings is 2. The first-order chi connectivity index (χ1) is 8.61. The molecule has 3 rings (SSSR count).